The fraction of sp³-hybridized carbons (Fsp3) is 0.500. The summed E-state index contributed by atoms with van der Waals surface area (Å²) in [4.78, 5) is 32.1. The van der Waals surface area contributed by atoms with Gasteiger partial charge in [-0.15, -0.1) is 0 Å². The molecule has 2 saturated heterocycles. The molecule has 1 atom stereocenters. The largest absolute Gasteiger partial charge is 0.451 e. The second-order valence-electron chi connectivity index (χ2n) is 10.4. The van der Waals surface area contributed by atoms with Crippen molar-refractivity contribution in [3.63, 3.8) is 0 Å². The summed E-state index contributed by atoms with van der Waals surface area (Å²) in [6.07, 6.45) is -2.25. The molecule has 40 heavy (non-hydrogen) atoms. The van der Waals surface area contributed by atoms with Gasteiger partial charge in [-0.3, -0.25) is 14.6 Å². The first-order chi connectivity index (χ1) is 19.2. The molecule has 0 radical (unpaired) electrons. The lowest BCUT2D eigenvalue weighted by Crippen LogP contribution is -2.49. The molecule has 0 bridgehead atoms. The molecule has 0 aliphatic carbocycles. The summed E-state index contributed by atoms with van der Waals surface area (Å²) in [5.41, 5.74) is 1.72. The number of hydrogen-bond donors (Lipinski definition) is 1. The summed E-state index contributed by atoms with van der Waals surface area (Å²) in [7, 11) is 0. The number of hydrogen-bond acceptors (Lipinski definition) is 8. The highest BCUT2D eigenvalue weighted by molar-refractivity contribution is 6.06. The number of nitrogens with one attached hydrogen (secondary N) is 1. The summed E-state index contributed by atoms with van der Waals surface area (Å²) in [6, 6.07) is 9.47. The van der Waals surface area contributed by atoms with E-state index in [9.17, 15) is 18.0 Å². The van der Waals surface area contributed by atoms with Gasteiger partial charge in [0.25, 0.3) is 5.91 Å². The molecule has 1 amide bonds. The average Bonchev–Trinajstić information content (AvgIpc) is 2.97. The Morgan fingerprint density at radius 3 is 2.33 bits per heavy atom. The Labute approximate surface area is 231 Å². The molecule has 5 rings (SSSR count). The molecule has 12 heteroatoms. The molecule has 4 heterocycles. The first-order valence-corrected chi connectivity index (χ1v) is 13.6. The maximum atomic E-state index is 13.4. The minimum atomic E-state index is -4.62. The average molecular weight is 558 g/mol. The summed E-state index contributed by atoms with van der Waals surface area (Å²) >= 11 is 0. The minimum absolute atomic E-state index is 0.176. The van der Waals surface area contributed by atoms with Crippen molar-refractivity contribution in [3.8, 4) is 0 Å². The standard InChI is InChI=1S/C28H34F3N7O2/c1-19(2)36-8-10-38(11-9-36)25-7-6-21-22(4-3-5-23(21)35-25)26(39)32-18-24(37-12-14-40-15-13-37)20-16-33-27(34-17-20)28(29,30)31/h3-7,16-17,19,24H,8-15,18H2,1-2H3,(H,32,39). The molecule has 3 aromatic rings. The Balaban J connectivity index is 1.31. The third-order valence-electron chi connectivity index (χ3n) is 7.58. The molecule has 0 saturated carbocycles. The Kier molecular flexibility index (Phi) is 8.48. The molecule has 2 fully saturated rings. The fourth-order valence-corrected chi connectivity index (χ4v) is 5.27. The normalized spacial score (nSPS) is 18.3. The monoisotopic (exact) mass is 557 g/mol. The molecular weight excluding hydrogens is 523 g/mol. The van der Waals surface area contributed by atoms with Gasteiger partial charge in [-0.2, -0.15) is 13.2 Å². The van der Waals surface area contributed by atoms with E-state index in [4.69, 9.17) is 9.72 Å². The minimum Gasteiger partial charge on any atom is -0.379 e. The molecule has 9 nitrogen and oxygen atoms in total. The van der Waals surface area contributed by atoms with Crippen LogP contribution in [0, 0.1) is 0 Å². The number of rotatable bonds is 7. The molecule has 1 aromatic carbocycles. The van der Waals surface area contributed by atoms with Gasteiger partial charge in [0.05, 0.1) is 24.8 Å². The van der Waals surface area contributed by atoms with E-state index in [-0.39, 0.29) is 12.5 Å². The molecule has 0 spiro atoms. The highest BCUT2D eigenvalue weighted by Crippen LogP contribution is 2.28. The number of nitrogens with zero attached hydrogens (tertiary/aromatic N) is 6. The highest BCUT2D eigenvalue weighted by Gasteiger charge is 2.35. The van der Waals surface area contributed by atoms with Crippen molar-refractivity contribution >= 4 is 22.6 Å². The molecule has 2 aliphatic rings. The van der Waals surface area contributed by atoms with Gasteiger partial charge in [0.15, 0.2) is 0 Å². The fourth-order valence-electron chi connectivity index (χ4n) is 5.27. The van der Waals surface area contributed by atoms with Crippen LogP contribution in [-0.4, -0.2) is 95.7 Å². The number of alkyl halides is 3. The zero-order valence-corrected chi connectivity index (χ0v) is 22.7. The predicted molar refractivity (Wildman–Crippen MR) is 145 cm³/mol. The molecule has 1 unspecified atom stereocenters. The van der Waals surface area contributed by atoms with E-state index >= 15 is 0 Å². The number of aromatic nitrogens is 3. The maximum Gasteiger partial charge on any atom is 0.451 e. The van der Waals surface area contributed by atoms with Crippen LogP contribution in [0.25, 0.3) is 10.9 Å². The van der Waals surface area contributed by atoms with E-state index in [2.05, 4.69) is 43.8 Å². The van der Waals surface area contributed by atoms with Gasteiger partial charge in [0.1, 0.15) is 5.82 Å². The van der Waals surface area contributed by atoms with Crippen LogP contribution in [0.2, 0.25) is 0 Å². The van der Waals surface area contributed by atoms with Crippen LogP contribution in [-0.2, 0) is 10.9 Å². The van der Waals surface area contributed by atoms with Gasteiger partial charge in [-0.25, -0.2) is 15.0 Å². The van der Waals surface area contributed by atoms with E-state index in [1.807, 2.05) is 24.3 Å². The second-order valence-corrected chi connectivity index (χ2v) is 10.4. The Morgan fingerprint density at radius 1 is 0.975 bits per heavy atom. The lowest BCUT2D eigenvalue weighted by molar-refractivity contribution is -0.145. The van der Waals surface area contributed by atoms with Gasteiger partial charge in [0, 0.05) is 80.8 Å². The highest BCUT2D eigenvalue weighted by atomic mass is 19.4. The van der Waals surface area contributed by atoms with Crippen molar-refractivity contribution in [1.29, 1.82) is 0 Å². The second kappa shape index (κ2) is 12.0. The predicted octanol–water partition coefficient (Wildman–Crippen LogP) is 3.38. The number of carbonyl (C=O) groups excluding carboxylic acids is 1. The number of anilines is 1. The lowest BCUT2D eigenvalue weighted by atomic mass is 10.1. The Morgan fingerprint density at radius 2 is 1.68 bits per heavy atom. The van der Waals surface area contributed by atoms with Crippen molar-refractivity contribution in [2.45, 2.75) is 32.1 Å². The van der Waals surface area contributed by atoms with Crippen LogP contribution in [0.3, 0.4) is 0 Å². The van der Waals surface area contributed by atoms with Crippen molar-refractivity contribution in [3.05, 3.63) is 59.7 Å². The van der Waals surface area contributed by atoms with Gasteiger partial charge in [-0.05, 0) is 38.1 Å². The summed E-state index contributed by atoms with van der Waals surface area (Å²) in [5.74, 6) is -0.578. The summed E-state index contributed by atoms with van der Waals surface area (Å²) < 4.78 is 44.4. The van der Waals surface area contributed by atoms with Crippen molar-refractivity contribution in [1.82, 2.24) is 30.1 Å². The SMILES string of the molecule is CC(C)N1CCN(c2ccc3c(C(=O)NCC(c4cnc(C(F)(F)F)nc4)N4CCOCC4)cccc3n2)CC1. The summed E-state index contributed by atoms with van der Waals surface area (Å²) in [6.45, 7) is 10.5. The summed E-state index contributed by atoms with van der Waals surface area (Å²) in [5, 5.41) is 3.72. The van der Waals surface area contributed by atoms with E-state index < -0.39 is 18.0 Å². The van der Waals surface area contributed by atoms with Crippen molar-refractivity contribution in [2.75, 3.05) is 63.9 Å². The van der Waals surface area contributed by atoms with E-state index in [0.29, 0.717) is 43.5 Å². The number of pyridine rings is 1. The van der Waals surface area contributed by atoms with Crippen LogP contribution in [0.4, 0.5) is 19.0 Å². The van der Waals surface area contributed by atoms with Crippen LogP contribution < -0.4 is 10.2 Å². The number of morpholine rings is 1. The Bertz CT molecular complexity index is 1310. The van der Waals surface area contributed by atoms with Crippen molar-refractivity contribution < 1.29 is 22.7 Å². The number of benzene rings is 1. The Hall–Kier alpha value is -3.35. The number of amides is 1. The van der Waals surface area contributed by atoms with Crippen LogP contribution in [0.1, 0.15) is 41.6 Å². The number of fused-ring (bicyclic) bond motifs is 1. The maximum absolute atomic E-state index is 13.4. The topological polar surface area (TPSA) is 86.7 Å². The van der Waals surface area contributed by atoms with Crippen LogP contribution >= 0.6 is 0 Å². The molecule has 2 aromatic heterocycles. The van der Waals surface area contributed by atoms with Gasteiger partial charge < -0.3 is 15.0 Å². The van der Waals surface area contributed by atoms with Crippen molar-refractivity contribution in [2.24, 2.45) is 0 Å². The van der Waals surface area contributed by atoms with E-state index in [1.165, 1.54) is 12.4 Å². The van der Waals surface area contributed by atoms with Crippen LogP contribution in [0.5, 0.6) is 0 Å². The number of halogens is 3. The van der Waals surface area contributed by atoms with Crippen LogP contribution in [0.15, 0.2) is 42.7 Å². The first kappa shape index (κ1) is 28.2. The molecule has 214 valence electrons. The number of carbonyl (C=O) groups is 1. The van der Waals surface area contributed by atoms with Gasteiger partial charge in [0.2, 0.25) is 5.82 Å². The third-order valence-corrected chi connectivity index (χ3v) is 7.58. The lowest BCUT2D eigenvalue weighted by Gasteiger charge is -2.37. The third kappa shape index (κ3) is 6.34. The molecule has 1 N–H and O–H groups in total. The zero-order chi connectivity index (χ0) is 28.3. The van der Waals surface area contributed by atoms with Gasteiger partial charge in [-0.1, -0.05) is 6.07 Å². The molecule has 2 aliphatic heterocycles. The number of piperazine rings is 1. The first-order valence-electron chi connectivity index (χ1n) is 13.6. The van der Waals surface area contributed by atoms with E-state index in [1.54, 1.807) is 6.07 Å². The quantitative estimate of drug-likeness (QED) is 0.473. The zero-order valence-electron chi connectivity index (χ0n) is 22.7. The smallest absolute Gasteiger partial charge is 0.379 e. The van der Waals surface area contributed by atoms with E-state index in [0.717, 1.165) is 42.9 Å². The number of ether oxygens (including phenoxy) is 1. The van der Waals surface area contributed by atoms with Gasteiger partial charge >= 0.3 is 6.18 Å². The molecular formula is C28H34F3N7O2.